The van der Waals surface area contributed by atoms with Crippen LogP contribution in [0.4, 0.5) is 0 Å². The summed E-state index contributed by atoms with van der Waals surface area (Å²) in [5.41, 5.74) is 0. The van der Waals surface area contributed by atoms with Crippen molar-refractivity contribution in [2.24, 2.45) is 0 Å². The van der Waals surface area contributed by atoms with Gasteiger partial charge in [-0.2, -0.15) is 0 Å². The Hall–Kier alpha value is 0.580. The van der Waals surface area contributed by atoms with Crippen molar-refractivity contribution in [2.75, 3.05) is 0 Å². The molecule has 0 N–H and O–H groups in total. The van der Waals surface area contributed by atoms with Gasteiger partial charge in [0.05, 0.1) is 0 Å². The van der Waals surface area contributed by atoms with Crippen molar-refractivity contribution in [1.82, 2.24) is 0 Å². The maximum Gasteiger partial charge on any atom is 0.107 e. The molecule has 19 heavy (non-hydrogen) atoms. The third-order valence-corrected chi connectivity index (χ3v) is 4.21. The second kappa shape index (κ2) is 16.6. The molecule has 0 saturated heterocycles. The minimum absolute atomic E-state index is 0.155. The van der Waals surface area contributed by atoms with Gasteiger partial charge in [-0.1, -0.05) is 96.8 Å². The summed E-state index contributed by atoms with van der Waals surface area (Å²) in [6.07, 6.45) is 20.5. The predicted molar refractivity (Wildman–Crippen MR) is 90.4 cm³/mol. The Morgan fingerprint density at radius 1 is 0.526 bits per heavy atom. The summed E-state index contributed by atoms with van der Waals surface area (Å²) >= 11 is 11.4. The number of hydrogen-bond acceptors (Lipinski definition) is 0. The van der Waals surface area contributed by atoms with Gasteiger partial charge in [0, 0.05) is 0 Å². The molecule has 116 valence electrons. The third kappa shape index (κ3) is 18.6. The summed E-state index contributed by atoms with van der Waals surface area (Å²) in [5.74, 6) is 0. The minimum atomic E-state index is -0.155. The summed E-state index contributed by atoms with van der Waals surface area (Å²) in [6.45, 7) is 2.28. The molecule has 0 saturated carbocycles. The lowest BCUT2D eigenvalue weighted by Crippen LogP contribution is -1.87. The summed E-state index contributed by atoms with van der Waals surface area (Å²) < 4.78 is 0. The molecule has 0 bridgehead atoms. The first kappa shape index (κ1) is 19.6. The highest BCUT2D eigenvalue weighted by molar-refractivity contribution is 6.44. The molecular formula is C17H34Cl2. The van der Waals surface area contributed by atoms with E-state index >= 15 is 0 Å². The highest BCUT2D eigenvalue weighted by Crippen LogP contribution is 2.15. The molecule has 0 aromatic rings. The highest BCUT2D eigenvalue weighted by atomic mass is 35.5. The quantitative estimate of drug-likeness (QED) is 0.215. The summed E-state index contributed by atoms with van der Waals surface area (Å²) in [4.78, 5) is -0.155. The molecule has 0 aliphatic carbocycles. The molecule has 0 spiro atoms. The molecule has 0 aromatic carbocycles. The predicted octanol–water partition coefficient (Wildman–Crippen LogP) is 7.66. The Bertz CT molecular complexity index is 157. The van der Waals surface area contributed by atoms with Crippen molar-refractivity contribution in [2.45, 2.75) is 108 Å². The SMILES string of the molecule is CCCCCCCCCCCCCCCCC(Cl)Cl. The van der Waals surface area contributed by atoms with Crippen LogP contribution < -0.4 is 0 Å². The standard InChI is InChI=1S/C17H34Cl2/c1-2-3-4-5-6-7-8-9-10-11-12-13-14-15-16-17(18)19/h17H,2-16H2,1H3. The molecule has 0 aliphatic heterocycles. The molecule has 0 aliphatic rings. The maximum atomic E-state index is 5.69. The van der Waals surface area contributed by atoms with Crippen LogP contribution in [0.5, 0.6) is 0 Å². The van der Waals surface area contributed by atoms with Gasteiger partial charge in [0.25, 0.3) is 0 Å². The topological polar surface area (TPSA) is 0 Å². The fourth-order valence-electron chi connectivity index (χ4n) is 2.49. The first-order chi connectivity index (χ1) is 9.27. The van der Waals surface area contributed by atoms with Gasteiger partial charge in [-0.25, -0.2) is 0 Å². The number of rotatable bonds is 15. The molecule has 0 aromatic heterocycles. The van der Waals surface area contributed by atoms with Crippen LogP contribution in [-0.4, -0.2) is 4.84 Å². The van der Waals surface area contributed by atoms with Gasteiger partial charge in [0.1, 0.15) is 4.84 Å². The van der Waals surface area contributed by atoms with Crippen LogP contribution in [0.3, 0.4) is 0 Å². The Kier molecular flexibility index (Phi) is 17.1. The Morgan fingerprint density at radius 3 is 1.16 bits per heavy atom. The van der Waals surface area contributed by atoms with Gasteiger partial charge in [-0.05, 0) is 6.42 Å². The van der Waals surface area contributed by atoms with Crippen LogP contribution >= 0.6 is 23.2 Å². The second-order valence-electron chi connectivity index (χ2n) is 5.78. The first-order valence-electron chi connectivity index (χ1n) is 8.55. The lowest BCUT2D eigenvalue weighted by Gasteiger charge is -2.03. The van der Waals surface area contributed by atoms with Crippen molar-refractivity contribution >= 4 is 23.2 Å². The van der Waals surface area contributed by atoms with Gasteiger partial charge >= 0.3 is 0 Å². The molecule has 0 fully saturated rings. The second-order valence-corrected chi connectivity index (χ2v) is 7.05. The molecule has 2 heteroatoms. The van der Waals surface area contributed by atoms with Gasteiger partial charge in [0.2, 0.25) is 0 Å². The van der Waals surface area contributed by atoms with Gasteiger partial charge in [-0.3, -0.25) is 0 Å². The summed E-state index contributed by atoms with van der Waals surface area (Å²) in [7, 11) is 0. The average Bonchev–Trinajstić information content (AvgIpc) is 2.39. The lowest BCUT2D eigenvalue weighted by molar-refractivity contribution is 0.534. The van der Waals surface area contributed by atoms with Crippen LogP contribution in [0.1, 0.15) is 103 Å². The van der Waals surface area contributed by atoms with E-state index in [1.165, 1.54) is 89.9 Å². The third-order valence-electron chi connectivity index (χ3n) is 3.78. The minimum Gasteiger partial charge on any atom is -0.105 e. The fraction of sp³-hybridized carbons (Fsp3) is 1.00. The van der Waals surface area contributed by atoms with E-state index in [9.17, 15) is 0 Å². The molecule has 0 unspecified atom stereocenters. The first-order valence-corrected chi connectivity index (χ1v) is 9.42. The van der Waals surface area contributed by atoms with Gasteiger partial charge in [0.15, 0.2) is 0 Å². The van der Waals surface area contributed by atoms with Crippen molar-refractivity contribution in [3.8, 4) is 0 Å². The molecule has 0 atom stereocenters. The molecular weight excluding hydrogens is 275 g/mol. The van der Waals surface area contributed by atoms with Crippen LogP contribution in [0.15, 0.2) is 0 Å². The normalized spacial score (nSPS) is 11.4. The van der Waals surface area contributed by atoms with Gasteiger partial charge in [-0.15, -0.1) is 23.2 Å². The smallest absolute Gasteiger partial charge is 0.105 e. The maximum absolute atomic E-state index is 5.69. The van der Waals surface area contributed by atoms with E-state index in [4.69, 9.17) is 23.2 Å². The molecule has 0 amide bonds. The summed E-state index contributed by atoms with van der Waals surface area (Å²) in [5, 5.41) is 0. The Morgan fingerprint density at radius 2 is 0.842 bits per heavy atom. The van der Waals surface area contributed by atoms with Crippen molar-refractivity contribution < 1.29 is 0 Å². The van der Waals surface area contributed by atoms with E-state index in [1.54, 1.807) is 0 Å². The van der Waals surface area contributed by atoms with E-state index in [0.717, 1.165) is 6.42 Å². The highest BCUT2D eigenvalue weighted by Gasteiger charge is 1.98. The van der Waals surface area contributed by atoms with Crippen molar-refractivity contribution in [3.05, 3.63) is 0 Å². The molecule has 0 radical (unpaired) electrons. The van der Waals surface area contributed by atoms with E-state index in [1.807, 2.05) is 0 Å². The number of hydrogen-bond donors (Lipinski definition) is 0. The zero-order valence-corrected chi connectivity index (χ0v) is 14.5. The Labute approximate surface area is 131 Å². The van der Waals surface area contributed by atoms with Crippen LogP contribution in [0, 0.1) is 0 Å². The zero-order chi connectivity index (χ0) is 14.2. The van der Waals surface area contributed by atoms with E-state index in [0.29, 0.717) is 0 Å². The average molecular weight is 309 g/mol. The van der Waals surface area contributed by atoms with E-state index in [-0.39, 0.29) is 4.84 Å². The van der Waals surface area contributed by atoms with Crippen LogP contribution in [0.2, 0.25) is 0 Å². The molecule has 0 nitrogen and oxygen atoms in total. The van der Waals surface area contributed by atoms with Crippen LogP contribution in [-0.2, 0) is 0 Å². The fourth-order valence-corrected chi connectivity index (χ4v) is 2.80. The number of unbranched alkanes of at least 4 members (excludes halogenated alkanes) is 13. The van der Waals surface area contributed by atoms with Gasteiger partial charge < -0.3 is 0 Å². The van der Waals surface area contributed by atoms with E-state index < -0.39 is 0 Å². The van der Waals surface area contributed by atoms with Crippen molar-refractivity contribution in [3.63, 3.8) is 0 Å². The monoisotopic (exact) mass is 308 g/mol. The van der Waals surface area contributed by atoms with Crippen molar-refractivity contribution in [1.29, 1.82) is 0 Å². The van der Waals surface area contributed by atoms with Crippen LogP contribution in [0.25, 0.3) is 0 Å². The largest absolute Gasteiger partial charge is 0.107 e. The molecule has 0 rings (SSSR count). The molecule has 0 heterocycles. The Balaban J connectivity index is 2.91. The number of halogens is 2. The zero-order valence-electron chi connectivity index (χ0n) is 12.9. The number of alkyl halides is 2. The summed E-state index contributed by atoms with van der Waals surface area (Å²) in [6, 6.07) is 0. The van der Waals surface area contributed by atoms with E-state index in [2.05, 4.69) is 6.92 Å². The lowest BCUT2D eigenvalue weighted by atomic mass is 10.0.